The van der Waals surface area contributed by atoms with Crippen LogP contribution in [0.25, 0.3) is 0 Å². The summed E-state index contributed by atoms with van der Waals surface area (Å²) in [6, 6.07) is 16.9. The molecule has 126 valence electrons. The summed E-state index contributed by atoms with van der Waals surface area (Å²) in [6.45, 7) is 5.62. The van der Waals surface area contributed by atoms with Gasteiger partial charge in [-0.3, -0.25) is 9.69 Å². The van der Waals surface area contributed by atoms with E-state index < -0.39 is 0 Å². The Kier molecular flexibility index (Phi) is 5.46. The van der Waals surface area contributed by atoms with Crippen LogP contribution in [0.15, 0.2) is 54.6 Å². The molecule has 5 nitrogen and oxygen atoms in total. The van der Waals surface area contributed by atoms with Crippen LogP contribution in [0.5, 0.6) is 11.5 Å². The fourth-order valence-corrected chi connectivity index (χ4v) is 2.71. The fourth-order valence-electron chi connectivity index (χ4n) is 2.71. The molecular weight excluding hydrogens is 302 g/mol. The van der Waals surface area contributed by atoms with Crippen molar-refractivity contribution in [2.24, 2.45) is 0 Å². The summed E-state index contributed by atoms with van der Waals surface area (Å²) in [6.07, 6.45) is 0. The third kappa shape index (κ3) is 4.34. The zero-order valence-corrected chi connectivity index (χ0v) is 13.9. The highest BCUT2D eigenvalue weighted by molar-refractivity contribution is 5.94. The molecule has 0 radical (unpaired) electrons. The SMILES string of the molecule is CC(C(=O)Nc1ccc(Oc2ccccc2)cc1)N1CCNCC1. The minimum atomic E-state index is -0.132. The molecule has 1 aliphatic heterocycles. The Balaban J connectivity index is 1.56. The topological polar surface area (TPSA) is 53.6 Å². The lowest BCUT2D eigenvalue weighted by atomic mass is 10.2. The standard InChI is InChI=1S/C19H23N3O2/c1-15(22-13-11-20-12-14-22)19(23)21-16-7-9-18(10-8-16)24-17-5-3-2-4-6-17/h2-10,15,20H,11-14H2,1H3,(H,21,23). The maximum atomic E-state index is 12.4. The first-order chi connectivity index (χ1) is 11.7. The van der Waals surface area contributed by atoms with E-state index in [9.17, 15) is 4.79 Å². The van der Waals surface area contributed by atoms with Gasteiger partial charge in [-0.15, -0.1) is 0 Å². The molecule has 0 aromatic heterocycles. The van der Waals surface area contributed by atoms with Gasteiger partial charge < -0.3 is 15.4 Å². The van der Waals surface area contributed by atoms with Crippen LogP contribution in [0.2, 0.25) is 0 Å². The van der Waals surface area contributed by atoms with Gasteiger partial charge in [-0.25, -0.2) is 0 Å². The average Bonchev–Trinajstić information content (AvgIpc) is 2.64. The minimum Gasteiger partial charge on any atom is -0.457 e. The number of nitrogens with one attached hydrogen (secondary N) is 2. The van der Waals surface area contributed by atoms with Crippen LogP contribution in [0.1, 0.15) is 6.92 Å². The van der Waals surface area contributed by atoms with E-state index in [2.05, 4.69) is 15.5 Å². The Morgan fingerprint density at radius 2 is 1.67 bits per heavy atom. The van der Waals surface area contributed by atoms with Gasteiger partial charge in [0.05, 0.1) is 6.04 Å². The quantitative estimate of drug-likeness (QED) is 0.887. The molecule has 2 aromatic carbocycles. The number of hydrogen-bond acceptors (Lipinski definition) is 4. The molecule has 2 N–H and O–H groups in total. The van der Waals surface area contributed by atoms with Crippen molar-refractivity contribution in [3.63, 3.8) is 0 Å². The summed E-state index contributed by atoms with van der Waals surface area (Å²) in [4.78, 5) is 14.6. The van der Waals surface area contributed by atoms with E-state index >= 15 is 0 Å². The number of amides is 1. The van der Waals surface area contributed by atoms with Crippen molar-refractivity contribution in [2.75, 3.05) is 31.5 Å². The maximum absolute atomic E-state index is 12.4. The van der Waals surface area contributed by atoms with Crippen LogP contribution in [-0.2, 0) is 4.79 Å². The highest BCUT2D eigenvalue weighted by Crippen LogP contribution is 2.22. The van der Waals surface area contributed by atoms with Crippen LogP contribution in [0.4, 0.5) is 5.69 Å². The first-order valence-corrected chi connectivity index (χ1v) is 8.31. The van der Waals surface area contributed by atoms with Crippen molar-refractivity contribution in [1.82, 2.24) is 10.2 Å². The molecule has 1 unspecified atom stereocenters. The molecule has 1 amide bonds. The van der Waals surface area contributed by atoms with Crippen LogP contribution in [0.3, 0.4) is 0 Å². The number of anilines is 1. The Hall–Kier alpha value is -2.37. The van der Waals surface area contributed by atoms with Gasteiger partial charge in [0, 0.05) is 31.9 Å². The van der Waals surface area contributed by atoms with Gasteiger partial charge in [0.1, 0.15) is 11.5 Å². The van der Waals surface area contributed by atoms with Crippen molar-refractivity contribution < 1.29 is 9.53 Å². The monoisotopic (exact) mass is 325 g/mol. The third-order valence-electron chi connectivity index (χ3n) is 4.18. The highest BCUT2D eigenvalue weighted by atomic mass is 16.5. The number of nitrogens with zero attached hydrogens (tertiary/aromatic N) is 1. The van der Waals surface area contributed by atoms with Crippen LogP contribution < -0.4 is 15.4 Å². The Morgan fingerprint density at radius 3 is 2.33 bits per heavy atom. The fraction of sp³-hybridized carbons (Fsp3) is 0.316. The highest BCUT2D eigenvalue weighted by Gasteiger charge is 2.22. The molecule has 5 heteroatoms. The number of piperazine rings is 1. The summed E-state index contributed by atoms with van der Waals surface area (Å²) in [5.74, 6) is 1.56. The number of ether oxygens (including phenoxy) is 1. The van der Waals surface area contributed by atoms with Gasteiger partial charge in [0.15, 0.2) is 0 Å². The Labute approximate surface area is 142 Å². The first-order valence-electron chi connectivity index (χ1n) is 8.31. The summed E-state index contributed by atoms with van der Waals surface area (Å²) in [5, 5.41) is 6.27. The van der Waals surface area contributed by atoms with Crippen molar-refractivity contribution in [1.29, 1.82) is 0 Å². The van der Waals surface area contributed by atoms with E-state index in [0.29, 0.717) is 0 Å². The smallest absolute Gasteiger partial charge is 0.241 e. The molecule has 3 rings (SSSR count). The van der Waals surface area contributed by atoms with Crippen molar-refractivity contribution in [3.8, 4) is 11.5 Å². The van der Waals surface area contributed by atoms with E-state index in [4.69, 9.17) is 4.74 Å². The van der Waals surface area contributed by atoms with Gasteiger partial charge in [-0.2, -0.15) is 0 Å². The van der Waals surface area contributed by atoms with Gasteiger partial charge in [0.25, 0.3) is 0 Å². The zero-order valence-electron chi connectivity index (χ0n) is 13.9. The van der Waals surface area contributed by atoms with E-state index in [1.807, 2.05) is 61.5 Å². The van der Waals surface area contributed by atoms with Gasteiger partial charge in [0.2, 0.25) is 5.91 Å². The largest absolute Gasteiger partial charge is 0.457 e. The molecule has 0 bridgehead atoms. The summed E-state index contributed by atoms with van der Waals surface area (Å²) >= 11 is 0. The van der Waals surface area contributed by atoms with Crippen LogP contribution in [0, 0.1) is 0 Å². The van der Waals surface area contributed by atoms with Crippen LogP contribution >= 0.6 is 0 Å². The number of para-hydroxylation sites is 1. The number of rotatable bonds is 5. The van der Waals surface area contributed by atoms with Crippen molar-refractivity contribution in [3.05, 3.63) is 54.6 Å². The van der Waals surface area contributed by atoms with E-state index in [0.717, 1.165) is 43.4 Å². The predicted octanol–water partition coefficient (Wildman–Crippen LogP) is 2.71. The lowest BCUT2D eigenvalue weighted by Crippen LogP contribution is -2.51. The van der Waals surface area contributed by atoms with Gasteiger partial charge in [-0.05, 0) is 43.3 Å². The average molecular weight is 325 g/mol. The summed E-state index contributed by atoms with van der Waals surface area (Å²) < 4.78 is 5.75. The molecular formula is C19H23N3O2. The normalized spacial score (nSPS) is 16.4. The van der Waals surface area contributed by atoms with E-state index in [1.165, 1.54) is 0 Å². The second-order valence-corrected chi connectivity index (χ2v) is 5.89. The second-order valence-electron chi connectivity index (χ2n) is 5.89. The van der Waals surface area contributed by atoms with Crippen molar-refractivity contribution in [2.45, 2.75) is 13.0 Å². The molecule has 2 aromatic rings. The molecule has 0 spiro atoms. The third-order valence-corrected chi connectivity index (χ3v) is 4.18. The molecule has 1 aliphatic rings. The number of hydrogen-bond donors (Lipinski definition) is 2. The molecule has 1 fully saturated rings. The molecule has 1 heterocycles. The summed E-state index contributed by atoms with van der Waals surface area (Å²) in [7, 11) is 0. The second kappa shape index (κ2) is 7.95. The number of carbonyl (C=O) groups excluding carboxylic acids is 1. The molecule has 24 heavy (non-hydrogen) atoms. The van der Waals surface area contributed by atoms with Crippen molar-refractivity contribution >= 4 is 11.6 Å². The zero-order chi connectivity index (χ0) is 16.8. The first kappa shape index (κ1) is 16.5. The molecule has 1 saturated heterocycles. The molecule has 1 atom stereocenters. The Bertz CT molecular complexity index is 652. The number of carbonyl (C=O) groups is 1. The van der Waals surface area contributed by atoms with E-state index in [1.54, 1.807) is 0 Å². The predicted molar refractivity (Wildman–Crippen MR) is 95.5 cm³/mol. The molecule has 0 aliphatic carbocycles. The minimum absolute atomic E-state index is 0.0219. The lowest BCUT2D eigenvalue weighted by molar-refractivity contribution is -0.120. The lowest BCUT2D eigenvalue weighted by Gasteiger charge is -2.31. The van der Waals surface area contributed by atoms with E-state index in [-0.39, 0.29) is 11.9 Å². The maximum Gasteiger partial charge on any atom is 0.241 e. The van der Waals surface area contributed by atoms with Gasteiger partial charge >= 0.3 is 0 Å². The Morgan fingerprint density at radius 1 is 1.04 bits per heavy atom. The summed E-state index contributed by atoms with van der Waals surface area (Å²) in [5.41, 5.74) is 0.780. The molecule has 0 saturated carbocycles. The van der Waals surface area contributed by atoms with Gasteiger partial charge in [-0.1, -0.05) is 18.2 Å². The van der Waals surface area contributed by atoms with Crippen LogP contribution in [-0.4, -0.2) is 43.0 Å². The number of benzene rings is 2.